The third-order valence-corrected chi connectivity index (χ3v) is 9.13. The molecule has 4 unspecified atom stereocenters. The van der Waals surface area contributed by atoms with Crippen molar-refractivity contribution in [2.75, 3.05) is 37.1 Å². The first-order valence-electron chi connectivity index (χ1n) is 8.45. The quantitative estimate of drug-likeness (QED) is 0.602. The summed E-state index contributed by atoms with van der Waals surface area (Å²) in [6.45, 7) is 0. The molecule has 4 atom stereocenters. The van der Waals surface area contributed by atoms with E-state index in [1.54, 1.807) is 14.1 Å². The Morgan fingerprint density at radius 3 is 1.40 bits per heavy atom. The third-order valence-electron chi connectivity index (χ3n) is 5.63. The Balaban J connectivity index is 1.56. The zero-order valence-electron chi connectivity index (χ0n) is 14.4. The highest BCUT2D eigenvalue weighted by molar-refractivity contribution is 7.91. The van der Waals surface area contributed by atoms with Crippen LogP contribution in [0.4, 0.5) is 0 Å². The maximum absolute atomic E-state index is 12.5. The van der Waals surface area contributed by atoms with Gasteiger partial charge in [-0.3, -0.25) is 9.59 Å². The van der Waals surface area contributed by atoms with E-state index in [-0.39, 0.29) is 46.9 Å². The Hall–Kier alpha value is -1.16. The molecule has 2 aliphatic heterocycles. The van der Waals surface area contributed by atoms with Crippen molar-refractivity contribution in [3.05, 3.63) is 0 Å². The van der Waals surface area contributed by atoms with Crippen molar-refractivity contribution in [3.63, 3.8) is 0 Å². The lowest BCUT2D eigenvalue weighted by Gasteiger charge is -2.25. The summed E-state index contributed by atoms with van der Waals surface area (Å²) in [6, 6.07) is -0.627. The van der Waals surface area contributed by atoms with Crippen molar-refractivity contribution in [1.29, 1.82) is 0 Å². The van der Waals surface area contributed by atoms with Gasteiger partial charge in [-0.05, 0) is 19.3 Å². The Morgan fingerprint density at radius 2 is 1.12 bits per heavy atom. The minimum absolute atomic E-state index is 0.0135. The van der Waals surface area contributed by atoms with E-state index in [1.807, 2.05) is 0 Å². The molecule has 8 nitrogen and oxygen atoms in total. The summed E-state index contributed by atoms with van der Waals surface area (Å²) in [4.78, 5) is 28.0. The highest BCUT2D eigenvalue weighted by atomic mass is 32.2. The molecule has 0 aromatic heterocycles. The summed E-state index contributed by atoms with van der Waals surface area (Å²) in [5.41, 5.74) is 0. The van der Waals surface area contributed by atoms with Gasteiger partial charge in [0.15, 0.2) is 19.7 Å². The molecule has 3 rings (SSSR count). The van der Waals surface area contributed by atoms with Gasteiger partial charge >= 0.3 is 0 Å². The molecule has 3 fully saturated rings. The van der Waals surface area contributed by atoms with Crippen molar-refractivity contribution in [1.82, 2.24) is 9.80 Å². The van der Waals surface area contributed by atoms with E-state index in [2.05, 4.69) is 0 Å². The summed E-state index contributed by atoms with van der Waals surface area (Å²) in [5, 5.41) is 0. The van der Waals surface area contributed by atoms with E-state index in [1.165, 1.54) is 9.80 Å². The fourth-order valence-electron chi connectivity index (χ4n) is 3.79. The fourth-order valence-corrected chi connectivity index (χ4v) is 7.33. The first-order valence-corrected chi connectivity index (χ1v) is 12.1. The molecule has 10 heteroatoms. The molecular formula is C15H24N2O6S2. The number of sulfone groups is 2. The lowest BCUT2D eigenvalue weighted by molar-refractivity contribution is -0.138. The van der Waals surface area contributed by atoms with Crippen molar-refractivity contribution in [2.45, 2.75) is 31.3 Å². The minimum atomic E-state index is -3.07. The van der Waals surface area contributed by atoms with Crippen LogP contribution in [-0.4, -0.2) is 87.6 Å². The van der Waals surface area contributed by atoms with Gasteiger partial charge in [0.2, 0.25) is 11.8 Å². The summed E-state index contributed by atoms with van der Waals surface area (Å²) >= 11 is 0. The average molecular weight is 392 g/mol. The van der Waals surface area contributed by atoms with Crippen LogP contribution < -0.4 is 0 Å². The first kappa shape index (κ1) is 18.6. The van der Waals surface area contributed by atoms with E-state index in [9.17, 15) is 26.4 Å². The molecule has 2 heterocycles. The van der Waals surface area contributed by atoms with Crippen LogP contribution in [-0.2, 0) is 29.3 Å². The van der Waals surface area contributed by atoms with Gasteiger partial charge in [-0.2, -0.15) is 0 Å². The normalized spacial score (nSPS) is 35.3. The highest BCUT2D eigenvalue weighted by Crippen LogP contribution is 2.42. The van der Waals surface area contributed by atoms with Gasteiger partial charge < -0.3 is 9.80 Å². The summed E-state index contributed by atoms with van der Waals surface area (Å²) in [7, 11) is -2.94. The number of rotatable bonds is 4. The average Bonchev–Trinajstić information content (AvgIpc) is 3.13. The Kier molecular flexibility index (Phi) is 4.64. The summed E-state index contributed by atoms with van der Waals surface area (Å²) in [5.74, 6) is -1.04. The molecule has 1 saturated carbocycles. The van der Waals surface area contributed by atoms with Crippen molar-refractivity contribution in [2.24, 2.45) is 11.8 Å². The predicted octanol–water partition coefficient (Wildman–Crippen LogP) is -1.09. The highest BCUT2D eigenvalue weighted by Gasteiger charge is 2.52. The molecule has 0 aromatic rings. The van der Waals surface area contributed by atoms with Gasteiger partial charge in [-0.25, -0.2) is 16.8 Å². The van der Waals surface area contributed by atoms with Gasteiger partial charge in [-0.15, -0.1) is 0 Å². The zero-order valence-corrected chi connectivity index (χ0v) is 16.1. The number of nitrogens with zero attached hydrogens (tertiary/aromatic N) is 2. The van der Waals surface area contributed by atoms with Gasteiger partial charge in [0.25, 0.3) is 0 Å². The maximum Gasteiger partial charge on any atom is 0.226 e. The largest absolute Gasteiger partial charge is 0.341 e. The molecular weight excluding hydrogens is 368 g/mol. The Labute approximate surface area is 148 Å². The maximum atomic E-state index is 12.5. The molecule has 0 spiro atoms. The predicted molar refractivity (Wildman–Crippen MR) is 91.3 cm³/mol. The third kappa shape index (κ3) is 3.84. The SMILES string of the molecule is CN(C(=O)C1CC1C(=O)N(C)C1CCS(=O)(=O)C1)C1CCS(=O)(=O)C1. The van der Waals surface area contributed by atoms with Gasteiger partial charge in [0.05, 0.1) is 34.8 Å². The standard InChI is InChI=1S/C15H24N2O6S2/c1-16(10-3-5-24(20,21)8-10)14(18)12-7-13(12)15(19)17(2)11-4-6-25(22,23)9-11/h10-13H,3-9H2,1-2H3. The smallest absolute Gasteiger partial charge is 0.226 e. The lowest BCUT2D eigenvalue weighted by atomic mass is 10.1. The van der Waals surface area contributed by atoms with Crippen LogP contribution >= 0.6 is 0 Å². The van der Waals surface area contributed by atoms with E-state index in [0.717, 1.165) is 0 Å². The molecule has 2 saturated heterocycles. The van der Waals surface area contributed by atoms with E-state index < -0.39 is 31.5 Å². The van der Waals surface area contributed by atoms with Crippen LogP contribution in [0.1, 0.15) is 19.3 Å². The topological polar surface area (TPSA) is 109 Å². The van der Waals surface area contributed by atoms with Crippen LogP contribution in [0.3, 0.4) is 0 Å². The molecule has 2 amide bonds. The van der Waals surface area contributed by atoms with Crippen LogP contribution in [0.25, 0.3) is 0 Å². The zero-order chi connectivity index (χ0) is 18.6. The molecule has 0 bridgehead atoms. The van der Waals surface area contributed by atoms with Crippen LogP contribution in [0.5, 0.6) is 0 Å². The molecule has 0 aromatic carbocycles. The van der Waals surface area contributed by atoms with Gasteiger partial charge in [0, 0.05) is 26.2 Å². The number of amides is 2. The van der Waals surface area contributed by atoms with Crippen molar-refractivity contribution < 1.29 is 26.4 Å². The minimum Gasteiger partial charge on any atom is -0.341 e. The molecule has 1 aliphatic carbocycles. The number of hydrogen-bond acceptors (Lipinski definition) is 6. The molecule has 0 N–H and O–H groups in total. The van der Waals surface area contributed by atoms with Crippen molar-refractivity contribution >= 4 is 31.5 Å². The molecule has 0 radical (unpaired) electrons. The Morgan fingerprint density at radius 1 is 0.760 bits per heavy atom. The van der Waals surface area contributed by atoms with Gasteiger partial charge in [0.1, 0.15) is 0 Å². The fraction of sp³-hybridized carbons (Fsp3) is 0.867. The number of carbonyl (C=O) groups is 2. The van der Waals surface area contributed by atoms with E-state index >= 15 is 0 Å². The second-order valence-electron chi connectivity index (χ2n) is 7.46. The van der Waals surface area contributed by atoms with Gasteiger partial charge in [-0.1, -0.05) is 0 Å². The van der Waals surface area contributed by atoms with E-state index in [0.29, 0.717) is 19.3 Å². The first-order chi connectivity index (χ1) is 11.5. The monoisotopic (exact) mass is 392 g/mol. The Bertz CT molecular complexity index is 725. The van der Waals surface area contributed by atoms with Crippen LogP contribution in [0.2, 0.25) is 0 Å². The van der Waals surface area contributed by atoms with Crippen molar-refractivity contribution in [3.8, 4) is 0 Å². The van der Waals surface area contributed by atoms with Crippen LogP contribution in [0, 0.1) is 11.8 Å². The molecule has 25 heavy (non-hydrogen) atoms. The second-order valence-corrected chi connectivity index (χ2v) is 11.9. The lowest BCUT2D eigenvalue weighted by Crippen LogP contribution is -2.41. The van der Waals surface area contributed by atoms with E-state index in [4.69, 9.17) is 0 Å². The number of hydrogen-bond donors (Lipinski definition) is 0. The summed E-state index contributed by atoms with van der Waals surface area (Å²) < 4.78 is 46.3. The number of carbonyl (C=O) groups excluding carboxylic acids is 2. The summed E-state index contributed by atoms with van der Waals surface area (Å²) in [6.07, 6.45) is 1.33. The second kappa shape index (κ2) is 6.22. The molecule has 142 valence electrons. The molecule has 3 aliphatic rings. The van der Waals surface area contributed by atoms with Crippen LogP contribution in [0.15, 0.2) is 0 Å².